The molecule has 6 N–H and O–H groups in total. The van der Waals surface area contributed by atoms with Gasteiger partial charge in [-0.3, -0.25) is 4.79 Å². The summed E-state index contributed by atoms with van der Waals surface area (Å²) >= 11 is 0. The Morgan fingerprint density at radius 1 is 0.889 bits per heavy atom. The maximum Gasteiger partial charge on any atom is 0.340 e. The van der Waals surface area contributed by atoms with Crippen LogP contribution in [0.2, 0.25) is 0 Å². The monoisotopic (exact) mass is 507 g/mol. The molecule has 0 radical (unpaired) electrons. The van der Waals surface area contributed by atoms with E-state index in [9.17, 15) is 14.5 Å². The van der Waals surface area contributed by atoms with Gasteiger partial charge in [-0.1, -0.05) is 6.07 Å². The van der Waals surface area contributed by atoms with E-state index in [0.717, 1.165) is 32.9 Å². The van der Waals surface area contributed by atoms with Gasteiger partial charge in [0.2, 0.25) is 11.2 Å². The maximum absolute atomic E-state index is 12.5. The lowest BCUT2D eigenvalue weighted by Crippen LogP contribution is -3.00. The Balaban J connectivity index is 0.00000361. The van der Waals surface area contributed by atoms with E-state index in [-0.39, 0.29) is 31.4 Å². The predicted molar refractivity (Wildman–Crippen MR) is 136 cm³/mol. The number of rotatable bonds is 6. The molecule has 10 nitrogen and oxygen atoms in total. The number of aromatic nitrogens is 1. The van der Waals surface area contributed by atoms with E-state index < -0.39 is 6.03 Å². The van der Waals surface area contributed by atoms with Gasteiger partial charge in [0.1, 0.15) is 7.05 Å². The van der Waals surface area contributed by atoms with Crippen LogP contribution in [0.4, 0.5) is 16.2 Å². The van der Waals surface area contributed by atoms with Crippen molar-refractivity contribution in [3.05, 3.63) is 71.1 Å². The second kappa shape index (κ2) is 10.9. The Hall–Kier alpha value is -4.44. The SMILES string of the molecule is CN(N=O)C(=O)NCCNC(=O)c1ccc(-c2c3cc(N)ccc3c3ccc(N)cc3[n+]2C)cc1.[Cl-]. The Kier molecular flexibility index (Phi) is 7.90. The molecule has 1 aromatic heterocycles. The van der Waals surface area contributed by atoms with Crippen molar-refractivity contribution in [3.8, 4) is 11.3 Å². The highest BCUT2D eigenvalue weighted by Gasteiger charge is 2.21. The number of amides is 3. The van der Waals surface area contributed by atoms with Crippen LogP contribution >= 0.6 is 0 Å². The average molecular weight is 508 g/mol. The number of aryl methyl sites for hydroxylation is 1. The van der Waals surface area contributed by atoms with E-state index in [1.54, 1.807) is 12.1 Å². The summed E-state index contributed by atoms with van der Waals surface area (Å²) in [5.74, 6) is -0.280. The van der Waals surface area contributed by atoms with Crippen LogP contribution in [0.15, 0.2) is 65.9 Å². The maximum atomic E-state index is 12.5. The number of urea groups is 1. The smallest absolute Gasteiger partial charge is 0.340 e. The minimum absolute atomic E-state index is 0. The van der Waals surface area contributed by atoms with Crippen molar-refractivity contribution in [2.24, 2.45) is 12.3 Å². The van der Waals surface area contributed by atoms with Gasteiger partial charge in [0.05, 0.1) is 16.1 Å². The summed E-state index contributed by atoms with van der Waals surface area (Å²) in [6.45, 7) is 0.357. The van der Waals surface area contributed by atoms with Crippen LogP contribution in [0, 0.1) is 4.91 Å². The number of hydrogen-bond acceptors (Lipinski definition) is 6. The molecule has 0 atom stereocenters. The Bertz CT molecular complexity index is 1460. The van der Waals surface area contributed by atoms with E-state index in [0.29, 0.717) is 21.9 Å². The highest BCUT2D eigenvalue weighted by atomic mass is 35.5. The minimum atomic E-state index is -0.642. The topological polar surface area (TPSA) is 147 Å². The molecule has 0 spiro atoms. The third kappa shape index (κ3) is 5.13. The lowest BCUT2D eigenvalue weighted by molar-refractivity contribution is -0.632. The molecule has 36 heavy (non-hydrogen) atoms. The lowest BCUT2D eigenvalue weighted by Gasteiger charge is -2.12. The molecule has 186 valence electrons. The molecule has 3 aromatic carbocycles. The fraction of sp³-hybridized carbons (Fsp3) is 0.160. The molecule has 0 saturated heterocycles. The fourth-order valence-electron chi connectivity index (χ4n) is 4.08. The number of carbonyl (C=O) groups excluding carboxylic acids is 2. The Labute approximate surface area is 213 Å². The fourth-order valence-corrected chi connectivity index (χ4v) is 4.08. The van der Waals surface area contributed by atoms with E-state index in [1.807, 2.05) is 55.6 Å². The van der Waals surface area contributed by atoms with E-state index in [2.05, 4.69) is 20.5 Å². The second-order valence-electron chi connectivity index (χ2n) is 8.16. The number of hydrogen-bond donors (Lipinski definition) is 4. The number of nitrogen functional groups attached to an aromatic ring is 2. The lowest BCUT2D eigenvalue weighted by atomic mass is 9.98. The predicted octanol–water partition coefficient (Wildman–Crippen LogP) is -0.294. The number of benzene rings is 3. The van der Waals surface area contributed by atoms with Crippen LogP contribution in [-0.4, -0.2) is 37.1 Å². The minimum Gasteiger partial charge on any atom is -1.00 e. The molecule has 4 aromatic rings. The number of nitrogens with two attached hydrogens (primary N) is 2. The molecule has 0 bridgehead atoms. The molecule has 4 rings (SSSR count). The van der Waals surface area contributed by atoms with Gasteiger partial charge >= 0.3 is 6.03 Å². The zero-order chi connectivity index (χ0) is 25.1. The molecule has 0 aliphatic heterocycles. The standard InChI is InChI=1S/C25H25N7O3.ClH/c1-31-22-14-18(27)8-10-20(22)19-9-7-17(26)13-21(19)23(31)15-3-5-16(6-4-15)24(33)28-11-12-29-25(34)32(2)30-35;/h3-10,13-14,27H,11-12H2,1-2H3,(H4,26,28,29,33,34);1H. The van der Waals surface area contributed by atoms with E-state index >= 15 is 0 Å². The van der Waals surface area contributed by atoms with Crippen molar-refractivity contribution in [2.75, 3.05) is 31.6 Å². The molecule has 3 amide bonds. The first-order valence-corrected chi connectivity index (χ1v) is 10.9. The number of pyridine rings is 1. The Morgan fingerprint density at radius 2 is 1.50 bits per heavy atom. The molecular formula is C25H26ClN7O3. The first-order valence-electron chi connectivity index (χ1n) is 10.9. The van der Waals surface area contributed by atoms with Crippen molar-refractivity contribution in [3.63, 3.8) is 0 Å². The summed E-state index contributed by atoms with van der Waals surface area (Å²) in [4.78, 5) is 34.3. The molecule has 0 aliphatic rings. The number of carbonyl (C=O) groups is 2. The molecule has 0 fully saturated rings. The highest BCUT2D eigenvalue weighted by molar-refractivity contribution is 6.10. The number of anilines is 2. The van der Waals surface area contributed by atoms with Gasteiger partial charge in [-0.15, -0.1) is 4.91 Å². The summed E-state index contributed by atoms with van der Waals surface area (Å²) in [6, 6.07) is 18.3. The van der Waals surface area contributed by atoms with Gasteiger partial charge in [0.25, 0.3) is 5.91 Å². The van der Waals surface area contributed by atoms with Crippen LogP contribution < -0.4 is 39.1 Å². The molecule has 0 saturated carbocycles. The zero-order valence-corrected chi connectivity index (χ0v) is 20.5. The molecule has 1 heterocycles. The molecule has 0 aliphatic carbocycles. The largest absolute Gasteiger partial charge is 1.00 e. The molecule has 0 unspecified atom stereocenters. The van der Waals surface area contributed by atoms with Gasteiger partial charge in [-0.05, 0) is 48.5 Å². The summed E-state index contributed by atoms with van der Waals surface area (Å²) in [6.07, 6.45) is 0. The number of nitrogens with one attached hydrogen (secondary N) is 2. The number of nitrogens with zero attached hydrogens (tertiary/aromatic N) is 3. The average Bonchev–Trinajstić information content (AvgIpc) is 2.86. The molecule has 11 heteroatoms. The summed E-state index contributed by atoms with van der Waals surface area (Å²) < 4.78 is 2.08. The van der Waals surface area contributed by atoms with Crippen LogP contribution in [0.5, 0.6) is 0 Å². The Morgan fingerprint density at radius 3 is 2.17 bits per heavy atom. The normalized spacial score (nSPS) is 10.5. The van der Waals surface area contributed by atoms with Crippen molar-refractivity contribution in [2.45, 2.75) is 0 Å². The van der Waals surface area contributed by atoms with E-state index in [4.69, 9.17) is 11.5 Å². The second-order valence-corrected chi connectivity index (χ2v) is 8.16. The quantitative estimate of drug-likeness (QED) is 0.0707. The third-order valence-electron chi connectivity index (χ3n) is 5.83. The van der Waals surface area contributed by atoms with Crippen molar-refractivity contribution in [1.82, 2.24) is 15.6 Å². The number of halogens is 1. The summed E-state index contributed by atoms with van der Waals surface area (Å²) in [7, 11) is 3.22. The van der Waals surface area contributed by atoms with Gasteiger partial charge in [-0.2, -0.15) is 9.58 Å². The molecular weight excluding hydrogens is 482 g/mol. The summed E-state index contributed by atoms with van der Waals surface area (Å²) in [5.41, 5.74) is 16.9. The van der Waals surface area contributed by atoms with Crippen LogP contribution in [0.1, 0.15) is 10.4 Å². The zero-order valence-electron chi connectivity index (χ0n) is 19.8. The number of nitroso groups, excluding NO2 is 1. The number of fused-ring (bicyclic) bond motifs is 3. The van der Waals surface area contributed by atoms with Crippen LogP contribution in [-0.2, 0) is 7.05 Å². The highest BCUT2D eigenvalue weighted by Crippen LogP contribution is 2.33. The van der Waals surface area contributed by atoms with Crippen LogP contribution in [0.3, 0.4) is 0 Å². The first kappa shape index (κ1) is 26.2. The van der Waals surface area contributed by atoms with Gasteiger partial charge in [0.15, 0.2) is 0 Å². The van der Waals surface area contributed by atoms with Gasteiger partial charge in [0, 0.05) is 54.1 Å². The van der Waals surface area contributed by atoms with Crippen molar-refractivity contribution < 1.29 is 26.6 Å². The van der Waals surface area contributed by atoms with E-state index in [1.165, 1.54) is 7.05 Å². The van der Waals surface area contributed by atoms with Gasteiger partial charge in [-0.25, -0.2) is 4.79 Å². The van der Waals surface area contributed by atoms with Crippen molar-refractivity contribution >= 4 is 45.0 Å². The third-order valence-corrected chi connectivity index (χ3v) is 5.83. The van der Waals surface area contributed by atoms with Gasteiger partial charge < -0.3 is 34.5 Å². The first-order chi connectivity index (χ1) is 16.8. The van der Waals surface area contributed by atoms with Crippen molar-refractivity contribution in [1.29, 1.82) is 0 Å². The summed E-state index contributed by atoms with van der Waals surface area (Å²) in [5, 5.41) is 11.5. The van der Waals surface area contributed by atoms with Crippen LogP contribution in [0.25, 0.3) is 32.9 Å².